The second-order valence-corrected chi connectivity index (χ2v) is 5.73. The molecule has 4 nitrogen and oxygen atoms in total. The summed E-state index contributed by atoms with van der Waals surface area (Å²) in [6, 6.07) is 5.08. The Balaban J connectivity index is 2.29. The number of hydrogen-bond acceptors (Lipinski definition) is 3. The maximum absolute atomic E-state index is 13.7. The lowest BCUT2D eigenvalue weighted by molar-refractivity contribution is 0.0696. The highest BCUT2D eigenvalue weighted by Crippen LogP contribution is 2.18. The number of rotatable bonds is 4. The molecule has 0 radical (unpaired) electrons. The summed E-state index contributed by atoms with van der Waals surface area (Å²) in [6.45, 7) is 1.85. The summed E-state index contributed by atoms with van der Waals surface area (Å²) < 4.78 is 25.8. The lowest BCUT2D eigenvalue weighted by Crippen LogP contribution is -2.04. The van der Waals surface area contributed by atoms with Crippen LogP contribution in [0.1, 0.15) is 21.5 Å². The number of nitrogens with zero attached hydrogens (tertiary/aromatic N) is 1. The van der Waals surface area contributed by atoms with Gasteiger partial charge in [0.2, 0.25) is 0 Å². The molecule has 0 spiro atoms. The number of aromatic carboxylic acids is 1. The van der Waals surface area contributed by atoms with Gasteiger partial charge in [0.15, 0.2) is 0 Å². The Bertz CT molecular complexity index is 688. The van der Waals surface area contributed by atoms with E-state index in [0.29, 0.717) is 5.56 Å². The molecular weight excluding hydrogens is 281 g/mol. The minimum Gasteiger partial charge on any atom is -0.478 e. The SMILES string of the molecule is Cc1cncc(CS(=O)c2cc(C(=O)O)ccc2F)c1. The lowest BCUT2D eigenvalue weighted by atomic mass is 10.2. The van der Waals surface area contributed by atoms with E-state index in [-0.39, 0.29) is 16.2 Å². The molecule has 0 saturated carbocycles. The largest absolute Gasteiger partial charge is 0.478 e. The minimum atomic E-state index is -1.66. The first kappa shape index (κ1) is 14.3. The van der Waals surface area contributed by atoms with Crippen molar-refractivity contribution in [2.45, 2.75) is 17.6 Å². The van der Waals surface area contributed by atoms with Crippen molar-refractivity contribution in [2.24, 2.45) is 0 Å². The van der Waals surface area contributed by atoms with Gasteiger partial charge in [0.25, 0.3) is 0 Å². The molecule has 6 heteroatoms. The summed E-state index contributed by atoms with van der Waals surface area (Å²) in [5.41, 5.74) is 1.54. The third kappa shape index (κ3) is 3.27. The van der Waals surface area contributed by atoms with Crippen molar-refractivity contribution in [3.8, 4) is 0 Å². The average molecular weight is 293 g/mol. The molecule has 0 aliphatic carbocycles. The van der Waals surface area contributed by atoms with Gasteiger partial charge in [0.1, 0.15) is 5.82 Å². The Morgan fingerprint density at radius 2 is 2.10 bits per heavy atom. The van der Waals surface area contributed by atoms with Crippen LogP contribution in [0, 0.1) is 12.7 Å². The maximum atomic E-state index is 13.7. The van der Waals surface area contributed by atoms with Gasteiger partial charge >= 0.3 is 5.97 Å². The molecule has 1 aromatic heterocycles. The summed E-state index contributed by atoms with van der Waals surface area (Å²) in [7, 11) is -1.66. The van der Waals surface area contributed by atoms with E-state index in [0.717, 1.165) is 23.8 Å². The molecule has 104 valence electrons. The molecule has 1 atom stereocenters. The summed E-state index contributed by atoms with van der Waals surface area (Å²) in [4.78, 5) is 14.7. The highest BCUT2D eigenvalue weighted by molar-refractivity contribution is 7.84. The van der Waals surface area contributed by atoms with Crippen molar-refractivity contribution < 1.29 is 18.5 Å². The fraction of sp³-hybridized carbons (Fsp3) is 0.143. The quantitative estimate of drug-likeness (QED) is 0.940. The van der Waals surface area contributed by atoms with Gasteiger partial charge in [-0.15, -0.1) is 0 Å². The first-order valence-corrected chi connectivity index (χ1v) is 7.11. The lowest BCUT2D eigenvalue weighted by Gasteiger charge is -2.05. The molecule has 20 heavy (non-hydrogen) atoms. The van der Waals surface area contributed by atoms with Crippen molar-refractivity contribution in [1.82, 2.24) is 4.98 Å². The van der Waals surface area contributed by atoms with Crippen LogP contribution in [0.5, 0.6) is 0 Å². The van der Waals surface area contributed by atoms with Crippen molar-refractivity contribution >= 4 is 16.8 Å². The Kier molecular flexibility index (Phi) is 4.24. The highest BCUT2D eigenvalue weighted by atomic mass is 32.2. The van der Waals surface area contributed by atoms with E-state index >= 15 is 0 Å². The van der Waals surface area contributed by atoms with Crippen LogP contribution in [-0.2, 0) is 16.6 Å². The van der Waals surface area contributed by atoms with Gasteiger partial charge in [-0.3, -0.25) is 9.19 Å². The highest BCUT2D eigenvalue weighted by Gasteiger charge is 2.14. The molecule has 1 unspecified atom stereocenters. The van der Waals surface area contributed by atoms with Gasteiger partial charge in [-0.05, 0) is 36.2 Å². The van der Waals surface area contributed by atoms with Crippen LogP contribution < -0.4 is 0 Å². The molecule has 0 aliphatic heterocycles. The predicted octanol–water partition coefficient (Wildman–Crippen LogP) is 2.54. The minimum absolute atomic E-state index is 0.0860. The molecule has 0 fully saturated rings. The molecular formula is C14H12FNO3S. The Morgan fingerprint density at radius 3 is 2.75 bits per heavy atom. The maximum Gasteiger partial charge on any atom is 0.335 e. The Labute approximate surface area is 117 Å². The molecule has 0 aliphatic rings. The van der Waals surface area contributed by atoms with Gasteiger partial charge < -0.3 is 5.11 Å². The van der Waals surface area contributed by atoms with Gasteiger partial charge in [-0.1, -0.05) is 6.07 Å². The number of hydrogen-bond donors (Lipinski definition) is 1. The predicted molar refractivity (Wildman–Crippen MR) is 72.4 cm³/mol. The van der Waals surface area contributed by atoms with E-state index < -0.39 is 22.6 Å². The van der Waals surface area contributed by atoms with Crippen LogP contribution in [-0.4, -0.2) is 20.3 Å². The fourth-order valence-corrected chi connectivity index (χ4v) is 2.90. The zero-order valence-electron chi connectivity index (χ0n) is 10.7. The molecule has 0 amide bonds. The van der Waals surface area contributed by atoms with Crippen LogP contribution in [0.2, 0.25) is 0 Å². The van der Waals surface area contributed by atoms with Gasteiger partial charge in [0.05, 0.1) is 27.0 Å². The molecule has 0 bridgehead atoms. The molecule has 2 rings (SSSR count). The van der Waals surface area contributed by atoms with E-state index in [1.165, 1.54) is 0 Å². The van der Waals surface area contributed by atoms with E-state index in [2.05, 4.69) is 4.98 Å². The topological polar surface area (TPSA) is 67.3 Å². The first-order valence-electron chi connectivity index (χ1n) is 5.79. The van der Waals surface area contributed by atoms with Crippen molar-refractivity contribution in [3.63, 3.8) is 0 Å². The Hall–Kier alpha value is -2.08. The number of pyridine rings is 1. The number of halogens is 1. The second-order valence-electron chi connectivity index (χ2n) is 4.31. The van der Waals surface area contributed by atoms with Crippen molar-refractivity contribution in [3.05, 3.63) is 59.2 Å². The number of carboxylic acids is 1. The summed E-state index contributed by atoms with van der Waals surface area (Å²) >= 11 is 0. The zero-order valence-corrected chi connectivity index (χ0v) is 11.5. The van der Waals surface area contributed by atoms with Crippen LogP contribution >= 0.6 is 0 Å². The number of carboxylic acid groups (broad SMARTS) is 1. The second kappa shape index (κ2) is 5.92. The standard InChI is InChI=1S/C14H12FNO3S/c1-9-4-10(7-16-6-9)8-20(19)13-5-11(14(17)18)2-3-12(13)15/h2-7H,8H2,1H3,(H,17,18). The van der Waals surface area contributed by atoms with Gasteiger partial charge in [-0.2, -0.15) is 0 Å². The van der Waals surface area contributed by atoms with Crippen LogP contribution in [0.25, 0.3) is 0 Å². The third-order valence-corrected chi connectivity index (χ3v) is 4.05. The number of benzene rings is 1. The van der Waals surface area contributed by atoms with Crippen LogP contribution in [0.15, 0.2) is 41.6 Å². The monoisotopic (exact) mass is 293 g/mol. The molecule has 0 saturated heterocycles. The first-order chi connectivity index (χ1) is 9.47. The Morgan fingerprint density at radius 1 is 1.35 bits per heavy atom. The van der Waals surface area contributed by atoms with Crippen LogP contribution in [0.4, 0.5) is 4.39 Å². The van der Waals surface area contributed by atoms with E-state index in [9.17, 15) is 13.4 Å². The normalized spacial score (nSPS) is 12.1. The summed E-state index contributed by atoms with van der Waals surface area (Å²) in [6.07, 6.45) is 3.22. The van der Waals surface area contributed by atoms with Gasteiger partial charge in [0, 0.05) is 12.4 Å². The zero-order chi connectivity index (χ0) is 14.7. The number of aryl methyl sites for hydroxylation is 1. The number of aromatic nitrogens is 1. The summed E-state index contributed by atoms with van der Waals surface area (Å²) in [5, 5.41) is 8.88. The number of carbonyl (C=O) groups is 1. The fourth-order valence-electron chi connectivity index (χ4n) is 1.74. The molecule has 1 aromatic carbocycles. The third-order valence-electron chi connectivity index (χ3n) is 2.65. The van der Waals surface area contributed by atoms with Gasteiger partial charge in [-0.25, -0.2) is 9.18 Å². The molecule has 2 aromatic rings. The smallest absolute Gasteiger partial charge is 0.335 e. The van der Waals surface area contributed by atoms with Crippen molar-refractivity contribution in [1.29, 1.82) is 0 Å². The van der Waals surface area contributed by atoms with E-state index in [1.807, 2.05) is 13.0 Å². The molecule has 1 N–H and O–H groups in total. The van der Waals surface area contributed by atoms with E-state index in [1.54, 1.807) is 12.4 Å². The average Bonchev–Trinajstić information content (AvgIpc) is 2.38. The van der Waals surface area contributed by atoms with Crippen molar-refractivity contribution in [2.75, 3.05) is 0 Å². The van der Waals surface area contributed by atoms with E-state index in [4.69, 9.17) is 5.11 Å². The summed E-state index contributed by atoms with van der Waals surface area (Å²) in [5.74, 6) is -1.76. The molecule has 1 heterocycles. The van der Waals surface area contributed by atoms with Crippen LogP contribution in [0.3, 0.4) is 0 Å².